The first kappa shape index (κ1) is 16.3. The minimum atomic E-state index is -2.84. The van der Waals surface area contributed by atoms with Crippen LogP contribution in [-0.2, 0) is 16.5 Å². The van der Waals surface area contributed by atoms with Crippen LogP contribution in [0.2, 0.25) is 0 Å². The summed E-state index contributed by atoms with van der Waals surface area (Å²) < 4.78 is 42.2. The minimum absolute atomic E-state index is 0.144. The lowest BCUT2D eigenvalue weighted by Crippen LogP contribution is -2.20. The van der Waals surface area contributed by atoms with E-state index in [1.807, 2.05) is 0 Å². The number of nitrogens with zero attached hydrogens (tertiary/aromatic N) is 3. The zero-order valence-corrected chi connectivity index (χ0v) is 13.9. The highest BCUT2D eigenvalue weighted by Gasteiger charge is 2.12. The molecule has 7 nitrogen and oxygen atoms in total. The van der Waals surface area contributed by atoms with Crippen molar-refractivity contribution < 1.29 is 13.3 Å². The Morgan fingerprint density at radius 3 is 2.79 bits per heavy atom. The molecule has 1 heterocycles. The lowest BCUT2D eigenvalue weighted by atomic mass is 10.2. The molecule has 2 aromatic carbocycles. The molecule has 0 aliphatic rings. The van der Waals surface area contributed by atoms with E-state index in [1.165, 1.54) is 17.0 Å². The van der Waals surface area contributed by atoms with E-state index in [1.54, 1.807) is 37.4 Å². The van der Waals surface area contributed by atoms with Crippen LogP contribution in [0.4, 0.5) is 4.39 Å². The molecule has 2 N–H and O–H groups in total. The molecule has 3 aromatic rings. The van der Waals surface area contributed by atoms with Crippen molar-refractivity contribution in [2.24, 2.45) is 0 Å². The number of fused-ring (bicyclic) bond motifs is 1. The predicted molar refractivity (Wildman–Crippen MR) is 89.0 cm³/mol. The van der Waals surface area contributed by atoms with Gasteiger partial charge in [0.25, 0.3) is 0 Å². The van der Waals surface area contributed by atoms with Crippen LogP contribution >= 0.6 is 0 Å². The van der Waals surface area contributed by atoms with E-state index < -0.39 is 15.7 Å². The SMILES string of the molecule is COc1ccc2c(c1)nnn2-c1ccc(CNS(C)(=N)=O)cc1F. The van der Waals surface area contributed by atoms with Gasteiger partial charge in [0.2, 0.25) is 0 Å². The molecule has 0 bridgehead atoms. The third-order valence-corrected chi connectivity index (χ3v) is 4.14. The average molecular weight is 349 g/mol. The van der Waals surface area contributed by atoms with Crippen LogP contribution in [0.5, 0.6) is 5.75 Å². The zero-order chi connectivity index (χ0) is 17.3. The van der Waals surface area contributed by atoms with Crippen LogP contribution in [0.1, 0.15) is 5.56 Å². The fraction of sp³-hybridized carbons (Fsp3) is 0.200. The first-order valence-corrected chi connectivity index (χ1v) is 9.00. The molecule has 0 aliphatic heterocycles. The Morgan fingerprint density at radius 2 is 2.12 bits per heavy atom. The Bertz CT molecular complexity index is 1000. The summed E-state index contributed by atoms with van der Waals surface area (Å²) in [6, 6.07) is 9.82. The average Bonchev–Trinajstić information content (AvgIpc) is 2.95. The molecule has 0 spiro atoms. The van der Waals surface area contributed by atoms with Gasteiger partial charge < -0.3 is 4.74 Å². The molecule has 9 heteroatoms. The largest absolute Gasteiger partial charge is 0.497 e. The van der Waals surface area contributed by atoms with Crippen molar-refractivity contribution in [3.8, 4) is 11.4 Å². The van der Waals surface area contributed by atoms with Crippen molar-refractivity contribution in [3.63, 3.8) is 0 Å². The third kappa shape index (κ3) is 3.36. The molecule has 1 unspecified atom stereocenters. The van der Waals surface area contributed by atoms with Crippen LogP contribution in [-0.4, -0.2) is 32.6 Å². The van der Waals surface area contributed by atoms with Crippen molar-refractivity contribution in [3.05, 3.63) is 47.8 Å². The van der Waals surface area contributed by atoms with Crippen molar-refractivity contribution in [2.45, 2.75) is 6.54 Å². The molecule has 0 saturated heterocycles. The number of ether oxygens (including phenoxy) is 1. The Labute approximate surface area is 138 Å². The highest BCUT2D eigenvalue weighted by Crippen LogP contribution is 2.23. The van der Waals surface area contributed by atoms with E-state index >= 15 is 0 Å². The molecule has 126 valence electrons. The molecule has 0 aliphatic carbocycles. The van der Waals surface area contributed by atoms with Gasteiger partial charge >= 0.3 is 0 Å². The van der Waals surface area contributed by atoms with Gasteiger partial charge in [-0.05, 0) is 29.8 Å². The van der Waals surface area contributed by atoms with Gasteiger partial charge in [-0.3, -0.25) is 0 Å². The second-order valence-electron chi connectivity index (χ2n) is 5.31. The van der Waals surface area contributed by atoms with Gasteiger partial charge in [-0.2, -0.15) is 0 Å². The maximum absolute atomic E-state index is 14.4. The fourth-order valence-corrected chi connectivity index (χ4v) is 2.70. The number of hydrogen-bond donors (Lipinski definition) is 2. The number of nitrogens with one attached hydrogen (secondary N) is 2. The Hall–Kier alpha value is -2.52. The summed E-state index contributed by atoms with van der Waals surface area (Å²) in [6.07, 6.45) is 1.27. The van der Waals surface area contributed by atoms with Crippen LogP contribution in [0, 0.1) is 10.6 Å². The summed E-state index contributed by atoms with van der Waals surface area (Å²) in [5, 5.41) is 8.02. The maximum Gasteiger partial charge on any atom is 0.149 e. The van der Waals surface area contributed by atoms with E-state index in [2.05, 4.69) is 15.0 Å². The number of halogens is 1. The number of methoxy groups -OCH3 is 1. The Kier molecular flexibility index (Phi) is 4.20. The van der Waals surface area contributed by atoms with Crippen molar-refractivity contribution in [1.82, 2.24) is 19.7 Å². The van der Waals surface area contributed by atoms with E-state index in [9.17, 15) is 8.60 Å². The molecule has 0 radical (unpaired) electrons. The highest BCUT2D eigenvalue weighted by molar-refractivity contribution is 7.89. The molecule has 1 aromatic heterocycles. The highest BCUT2D eigenvalue weighted by atomic mass is 32.2. The molecule has 3 rings (SSSR count). The smallest absolute Gasteiger partial charge is 0.149 e. The lowest BCUT2D eigenvalue weighted by molar-refractivity contribution is 0.415. The maximum atomic E-state index is 14.4. The summed E-state index contributed by atoms with van der Waals surface area (Å²) in [4.78, 5) is 0. The molecular weight excluding hydrogens is 333 g/mol. The summed E-state index contributed by atoms with van der Waals surface area (Å²) in [6.45, 7) is 0.144. The van der Waals surface area contributed by atoms with Gasteiger partial charge in [0.1, 0.15) is 32.7 Å². The molecular formula is C15H16FN5O2S. The monoisotopic (exact) mass is 349 g/mol. The second-order valence-corrected chi connectivity index (χ2v) is 7.28. The number of benzene rings is 2. The van der Waals surface area contributed by atoms with Crippen LogP contribution in [0.15, 0.2) is 36.4 Å². The molecule has 0 amide bonds. The lowest BCUT2D eigenvalue weighted by Gasteiger charge is -2.08. The van der Waals surface area contributed by atoms with E-state index in [4.69, 9.17) is 9.52 Å². The first-order chi connectivity index (χ1) is 11.4. The quantitative estimate of drug-likeness (QED) is 0.739. The molecule has 1 atom stereocenters. The number of hydrogen-bond acceptors (Lipinski definition) is 5. The van der Waals surface area contributed by atoms with Gasteiger partial charge in [0.05, 0.1) is 12.6 Å². The number of aromatic nitrogens is 3. The Morgan fingerprint density at radius 1 is 1.33 bits per heavy atom. The topological polar surface area (TPSA) is 92.9 Å². The zero-order valence-electron chi connectivity index (χ0n) is 13.1. The summed E-state index contributed by atoms with van der Waals surface area (Å²) in [5.74, 6) is 0.166. The van der Waals surface area contributed by atoms with Gasteiger partial charge in [-0.25, -0.2) is 22.8 Å². The van der Waals surface area contributed by atoms with E-state index in [0.717, 1.165) is 0 Å². The minimum Gasteiger partial charge on any atom is -0.497 e. The Balaban J connectivity index is 1.95. The van der Waals surface area contributed by atoms with Crippen LogP contribution in [0.3, 0.4) is 0 Å². The molecule has 24 heavy (non-hydrogen) atoms. The van der Waals surface area contributed by atoms with Gasteiger partial charge in [-0.15, -0.1) is 5.10 Å². The number of rotatable bonds is 5. The van der Waals surface area contributed by atoms with Crippen molar-refractivity contribution >= 4 is 20.9 Å². The second kappa shape index (κ2) is 6.17. The van der Waals surface area contributed by atoms with Gasteiger partial charge in [0.15, 0.2) is 0 Å². The van der Waals surface area contributed by atoms with Gasteiger partial charge in [0, 0.05) is 18.9 Å². The van der Waals surface area contributed by atoms with Crippen LogP contribution in [0.25, 0.3) is 16.7 Å². The van der Waals surface area contributed by atoms with Gasteiger partial charge in [-0.1, -0.05) is 11.3 Å². The van der Waals surface area contributed by atoms with E-state index in [0.29, 0.717) is 22.3 Å². The van der Waals surface area contributed by atoms with Crippen LogP contribution < -0.4 is 9.46 Å². The predicted octanol–water partition coefficient (Wildman–Crippen LogP) is 2.25. The summed E-state index contributed by atoms with van der Waals surface area (Å²) in [5.41, 5.74) is 2.10. The first-order valence-electron chi connectivity index (χ1n) is 7.04. The van der Waals surface area contributed by atoms with Crippen molar-refractivity contribution in [1.29, 1.82) is 4.78 Å². The summed E-state index contributed by atoms with van der Waals surface area (Å²) >= 11 is 0. The standard InChI is InChI=1S/C15H16FN5O2S/c1-23-11-4-6-15-13(8-11)19-20-21(15)14-5-3-10(7-12(14)16)9-18-24(2,17)22/h3-8H,9H2,1-2H3,(H2,17,18,22). The summed E-state index contributed by atoms with van der Waals surface area (Å²) in [7, 11) is -1.28. The fourth-order valence-electron chi connectivity index (χ4n) is 2.26. The van der Waals surface area contributed by atoms with Crippen molar-refractivity contribution in [2.75, 3.05) is 13.4 Å². The third-order valence-electron chi connectivity index (χ3n) is 3.44. The van der Waals surface area contributed by atoms with E-state index in [-0.39, 0.29) is 12.2 Å². The normalized spacial score (nSPS) is 13.8. The molecule has 0 saturated carbocycles. The molecule has 0 fully saturated rings.